The number of hydrogen-bond donors (Lipinski definition) is 9. The normalized spacial score (nSPS) is 13.9. The molecule has 12 N–H and O–H groups in total. The van der Waals surface area contributed by atoms with Crippen molar-refractivity contribution in [2.75, 3.05) is 0 Å². The minimum atomic E-state index is -1.87. The molecule has 0 fully saturated rings. The van der Waals surface area contributed by atoms with E-state index in [4.69, 9.17) is 32.5 Å². The summed E-state index contributed by atoms with van der Waals surface area (Å²) in [7, 11) is 0. The van der Waals surface area contributed by atoms with E-state index in [2.05, 4.69) is 10.6 Å². The van der Waals surface area contributed by atoms with Crippen LogP contribution in [0.4, 0.5) is 0 Å². The van der Waals surface area contributed by atoms with Gasteiger partial charge in [0.2, 0.25) is 29.5 Å². The van der Waals surface area contributed by atoms with Crippen LogP contribution in [0.5, 0.6) is 0 Å². The van der Waals surface area contributed by atoms with E-state index in [1.165, 1.54) is 0 Å². The van der Waals surface area contributed by atoms with E-state index in [-0.39, 0.29) is 0 Å². The first-order valence-corrected chi connectivity index (χ1v) is 10.0. The van der Waals surface area contributed by atoms with Crippen molar-refractivity contribution >= 4 is 47.4 Å². The Balaban J connectivity index is 5.67. The molecule has 0 spiro atoms. The molecule has 0 aromatic heterocycles. The fourth-order valence-corrected chi connectivity index (χ4v) is 2.60. The largest absolute Gasteiger partial charge is 0.481 e. The van der Waals surface area contributed by atoms with Crippen molar-refractivity contribution in [3.8, 4) is 0 Å². The summed E-state index contributed by atoms with van der Waals surface area (Å²) >= 11 is 0. The van der Waals surface area contributed by atoms with E-state index in [0.29, 0.717) is 0 Å². The minimum Gasteiger partial charge on any atom is -0.481 e. The van der Waals surface area contributed by atoms with Crippen molar-refractivity contribution in [1.29, 1.82) is 0 Å². The van der Waals surface area contributed by atoms with E-state index < -0.39 is 110 Å². The smallest absolute Gasteiger partial charge is 0.326 e. The van der Waals surface area contributed by atoms with Gasteiger partial charge < -0.3 is 48.5 Å². The van der Waals surface area contributed by atoms with Crippen molar-refractivity contribution in [1.82, 2.24) is 16.0 Å². The van der Waals surface area contributed by atoms with Crippen LogP contribution in [0.3, 0.4) is 0 Å². The molecule has 0 heterocycles. The number of rotatable bonds is 17. The summed E-state index contributed by atoms with van der Waals surface area (Å²) in [6.07, 6.45) is -3.55. The number of carboxylic acids is 3. The van der Waals surface area contributed by atoms with Gasteiger partial charge in [-0.05, 0) is 12.8 Å². The zero-order valence-corrected chi connectivity index (χ0v) is 18.4. The van der Waals surface area contributed by atoms with Gasteiger partial charge in [-0.1, -0.05) is 0 Å². The summed E-state index contributed by atoms with van der Waals surface area (Å²) in [5.41, 5.74) is 15.5. The number of aliphatic carboxylic acids is 3. The van der Waals surface area contributed by atoms with Crippen LogP contribution in [0.2, 0.25) is 0 Å². The zero-order chi connectivity index (χ0) is 27.3. The Hall–Kier alpha value is -4.28. The molecule has 0 aromatic carbocycles. The zero-order valence-electron chi connectivity index (χ0n) is 18.4. The number of carboxylic acid groups (broad SMARTS) is 3. The summed E-state index contributed by atoms with van der Waals surface area (Å²) in [4.78, 5) is 92.5. The number of carbonyl (C=O) groups is 8. The highest BCUT2D eigenvalue weighted by Gasteiger charge is 2.31. The molecule has 0 aliphatic heterocycles. The second-order valence-corrected chi connectivity index (χ2v) is 7.33. The molecule has 5 amide bonds. The SMILES string of the molecule is NC(=O)CCC(NC(=O)C(CCC(=O)O)NC(=O)C(N)CC(N)=O)C(=O)NC(CC(=O)O)C(=O)O. The third kappa shape index (κ3) is 13.1. The van der Waals surface area contributed by atoms with Crippen molar-refractivity contribution in [2.45, 2.75) is 62.7 Å². The minimum absolute atomic E-state index is 0.437. The molecule has 0 saturated carbocycles. The Morgan fingerprint density at radius 1 is 0.600 bits per heavy atom. The molecule has 35 heavy (non-hydrogen) atoms. The highest BCUT2D eigenvalue weighted by molar-refractivity contribution is 5.95. The maximum atomic E-state index is 12.7. The number of carbonyl (C=O) groups excluding carboxylic acids is 5. The highest BCUT2D eigenvalue weighted by Crippen LogP contribution is 2.05. The van der Waals surface area contributed by atoms with E-state index in [1.54, 1.807) is 0 Å². The van der Waals surface area contributed by atoms with Gasteiger partial charge in [-0.15, -0.1) is 0 Å². The van der Waals surface area contributed by atoms with Gasteiger partial charge in [0.25, 0.3) is 0 Å². The molecular formula is C18H28N6O11. The van der Waals surface area contributed by atoms with Gasteiger partial charge in [0.15, 0.2) is 0 Å². The van der Waals surface area contributed by atoms with Crippen LogP contribution in [0.25, 0.3) is 0 Å². The molecule has 0 aliphatic rings. The number of primary amides is 2. The number of amides is 5. The molecule has 17 nitrogen and oxygen atoms in total. The van der Waals surface area contributed by atoms with Gasteiger partial charge in [-0.3, -0.25) is 33.6 Å². The lowest BCUT2D eigenvalue weighted by atomic mass is 10.1. The van der Waals surface area contributed by atoms with Crippen LogP contribution in [0.1, 0.15) is 38.5 Å². The average molecular weight is 504 g/mol. The molecule has 4 atom stereocenters. The third-order valence-corrected chi connectivity index (χ3v) is 4.34. The topological polar surface area (TPSA) is 311 Å². The second kappa shape index (κ2) is 14.8. The summed E-state index contributed by atoms with van der Waals surface area (Å²) < 4.78 is 0. The lowest BCUT2D eigenvalue weighted by molar-refractivity contribution is -0.147. The van der Waals surface area contributed by atoms with E-state index in [0.717, 1.165) is 0 Å². The molecule has 0 saturated heterocycles. The molecule has 17 heteroatoms. The molecule has 0 bridgehead atoms. The molecule has 0 rings (SSSR count). The van der Waals surface area contributed by atoms with Gasteiger partial charge in [-0.2, -0.15) is 0 Å². The number of hydrogen-bond acceptors (Lipinski definition) is 9. The highest BCUT2D eigenvalue weighted by atomic mass is 16.4. The van der Waals surface area contributed by atoms with Crippen LogP contribution in [-0.4, -0.2) is 86.9 Å². The van der Waals surface area contributed by atoms with Crippen LogP contribution >= 0.6 is 0 Å². The number of nitrogens with one attached hydrogen (secondary N) is 3. The van der Waals surface area contributed by atoms with Gasteiger partial charge in [0.05, 0.1) is 18.9 Å². The maximum absolute atomic E-state index is 12.7. The molecule has 4 unspecified atom stereocenters. The first-order valence-electron chi connectivity index (χ1n) is 10.0. The molecule has 196 valence electrons. The van der Waals surface area contributed by atoms with E-state index >= 15 is 0 Å². The van der Waals surface area contributed by atoms with Crippen molar-refractivity contribution in [3.63, 3.8) is 0 Å². The molecule has 0 aromatic rings. The fourth-order valence-electron chi connectivity index (χ4n) is 2.60. The van der Waals surface area contributed by atoms with Gasteiger partial charge in [0, 0.05) is 12.8 Å². The van der Waals surface area contributed by atoms with Gasteiger partial charge in [-0.25, -0.2) is 4.79 Å². The van der Waals surface area contributed by atoms with Gasteiger partial charge >= 0.3 is 17.9 Å². The van der Waals surface area contributed by atoms with Crippen LogP contribution in [-0.2, 0) is 38.4 Å². The second-order valence-electron chi connectivity index (χ2n) is 7.33. The maximum Gasteiger partial charge on any atom is 0.326 e. The van der Waals surface area contributed by atoms with Crippen molar-refractivity contribution in [3.05, 3.63) is 0 Å². The molecule has 0 radical (unpaired) electrons. The molecular weight excluding hydrogens is 476 g/mol. The fraction of sp³-hybridized carbons (Fsp3) is 0.556. The Morgan fingerprint density at radius 3 is 1.46 bits per heavy atom. The lowest BCUT2D eigenvalue weighted by Crippen LogP contribution is -2.57. The van der Waals surface area contributed by atoms with E-state index in [9.17, 15) is 38.4 Å². The monoisotopic (exact) mass is 504 g/mol. The average Bonchev–Trinajstić information content (AvgIpc) is 2.71. The van der Waals surface area contributed by atoms with Crippen LogP contribution in [0.15, 0.2) is 0 Å². The Bertz CT molecular complexity index is 862. The molecule has 0 aliphatic carbocycles. The summed E-state index contributed by atoms with van der Waals surface area (Å²) in [5, 5.41) is 33.0. The van der Waals surface area contributed by atoms with Crippen molar-refractivity contribution < 1.29 is 53.7 Å². The standard InChI is InChI=1S/C18H28N6O11/c19-7(5-12(21)26)15(31)22-9(2-4-13(27)28)16(32)23-8(1-3-11(20)25)17(33)24-10(18(34)35)6-14(29)30/h7-10H,1-6,19H2,(H2,20,25)(H2,21,26)(H,22,31)(H,23,32)(H,24,33)(H,27,28)(H,29,30)(H,34,35). The first kappa shape index (κ1) is 30.7. The lowest BCUT2D eigenvalue weighted by Gasteiger charge is -2.24. The van der Waals surface area contributed by atoms with Crippen LogP contribution in [0, 0.1) is 0 Å². The predicted molar refractivity (Wildman–Crippen MR) is 113 cm³/mol. The quantitative estimate of drug-likeness (QED) is 0.0902. The van der Waals surface area contributed by atoms with Gasteiger partial charge in [0.1, 0.15) is 18.1 Å². The first-order chi connectivity index (χ1) is 16.1. The van der Waals surface area contributed by atoms with Crippen molar-refractivity contribution in [2.24, 2.45) is 17.2 Å². The number of nitrogens with two attached hydrogens (primary N) is 3. The summed E-state index contributed by atoms with van der Waals surface area (Å²) in [6.45, 7) is 0. The summed E-state index contributed by atoms with van der Waals surface area (Å²) in [5.74, 6) is -9.68. The third-order valence-electron chi connectivity index (χ3n) is 4.34. The van der Waals surface area contributed by atoms with Crippen LogP contribution < -0.4 is 33.2 Å². The Labute approximate surface area is 197 Å². The Kier molecular flexibility index (Phi) is 13.0. The predicted octanol–water partition coefficient (Wildman–Crippen LogP) is -4.67. The summed E-state index contributed by atoms with van der Waals surface area (Å²) in [6, 6.07) is -6.53. The van der Waals surface area contributed by atoms with E-state index in [1.807, 2.05) is 5.32 Å². The Morgan fingerprint density at radius 2 is 1.06 bits per heavy atom.